The van der Waals surface area contributed by atoms with E-state index in [1.54, 1.807) is 0 Å². The third kappa shape index (κ3) is 3.50. The van der Waals surface area contributed by atoms with Crippen LogP contribution in [0.5, 0.6) is 0 Å². The maximum Gasteiger partial charge on any atom is 0.236 e. The number of nitrogens with one attached hydrogen (secondary N) is 1. The van der Waals surface area contributed by atoms with Crippen molar-refractivity contribution in [3.8, 4) is 0 Å². The highest BCUT2D eigenvalue weighted by molar-refractivity contribution is 5.85. The fourth-order valence-corrected chi connectivity index (χ4v) is 1.66. The molecule has 5 heteroatoms. The molecule has 1 fully saturated rings. The molecule has 0 saturated carbocycles. The number of hydrogen-bond donors (Lipinski definition) is 2. The molecule has 2 unspecified atom stereocenters. The molecule has 1 amide bonds. The van der Waals surface area contributed by atoms with E-state index in [0.717, 1.165) is 13.1 Å². The first kappa shape index (κ1) is 12.7. The molecule has 1 heterocycles. The average molecular weight is 208 g/mol. The Bertz CT molecular complexity index is 167. The van der Waals surface area contributed by atoms with Crippen molar-refractivity contribution in [1.82, 2.24) is 10.2 Å². The van der Waals surface area contributed by atoms with Gasteiger partial charge in [0.25, 0.3) is 0 Å². The summed E-state index contributed by atoms with van der Waals surface area (Å²) in [5.41, 5.74) is 5.28. The van der Waals surface area contributed by atoms with Gasteiger partial charge in [0.1, 0.15) is 0 Å². The van der Waals surface area contributed by atoms with Crippen molar-refractivity contribution >= 4 is 18.3 Å². The van der Waals surface area contributed by atoms with Crippen LogP contribution in [0.4, 0.5) is 0 Å². The van der Waals surface area contributed by atoms with Gasteiger partial charge in [-0.2, -0.15) is 0 Å². The zero-order chi connectivity index (χ0) is 9.14. The molecule has 3 N–H and O–H groups in total. The molecule has 4 nitrogen and oxygen atoms in total. The van der Waals surface area contributed by atoms with E-state index in [2.05, 4.69) is 19.2 Å². The first-order valence-corrected chi connectivity index (χ1v) is 4.37. The summed E-state index contributed by atoms with van der Waals surface area (Å²) in [6.45, 7) is 5.83. The van der Waals surface area contributed by atoms with E-state index >= 15 is 0 Å². The van der Waals surface area contributed by atoms with Crippen molar-refractivity contribution in [2.45, 2.75) is 25.9 Å². The Labute approximate surface area is 85.3 Å². The molecule has 0 aromatic rings. The molecular weight excluding hydrogens is 190 g/mol. The van der Waals surface area contributed by atoms with Crippen LogP contribution in [0.25, 0.3) is 0 Å². The largest absolute Gasteiger partial charge is 0.338 e. The van der Waals surface area contributed by atoms with Gasteiger partial charge in [-0.1, -0.05) is 0 Å². The molecule has 1 saturated heterocycles. The topological polar surface area (TPSA) is 58.4 Å². The van der Waals surface area contributed by atoms with Gasteiger partial charge in [0.05, 0.1) is 6.54 Å². The first-order valence-electron chi connectivity index (χ1n) is 4.37. The standard InChI is InChI=1S/C8H17N3O.ClH/c1-6-4-11(8(12)3-9)5-7(2)10-6;/h6-7,10H,3-5,9H2,1-2H3;1H. The smallest absolute Gasteiger partial charge is 0.236 e. The third-order valence-electron chi connectivity index (χ3n) is 2.08. The third-order valence-corrected chi connectivity index (χ3v) is 2.08. The predicted molar refractivity (Wildman–Crippen MR) is 54.9 cm³/mol. The van der Waals surface area contributed by atoms with Gasteiger partial charge >= 0.3 is 0 Å². The summed E-state index contributed by atoms with van der Waals surface area (Å²) >= 11 is 0. The second-order valence-electron chi connectivity index (χ2n) is 3.47. The highest BCUT2D eigenvalue weighted by Gasteiger charge is 2.23. The number of carbonyl (C=O) groups is 1. The number of carbonyl (C=O) groups excluding carboxylic acids is 1. The maximum atomic E-state index is 11.2. The van der Waals surface area contributed by atoms with E-state index in [1.165, 1.54) is 0 Å². The second kappa shape index (κ2) is 5.42. The van der Waals surface area contributed by atoms with E-state index in [4.69, 9.17) is 5.73 Å². The van der Waals surface area contributed by atoms with Crippen LogP contribution < -0.4 is 11.1 Å². The van der Waals surface area contributed by atoms with Crippen molar-refractivity contribution in [2.24, 2.45) is 5.73 Å². The molecule has 0 spiro atoms. The van der Waals surface area contributed by atoms with Crippen LogP contribution in [0.3, 0.4) is 0 Å². The van der Waals surface area contributed by atoms with Crippen LogP contribution >= 0.6 is 12.4 Å². The van der Waals surface area contributed by atoms with Gasteiger partial charge in [-0.05, 0) is 13.8 Å². The van der Waals surface area contributed by atoms with Gasteiger partial charge in [0.15, 0.2) is 0 Å². The molecule has 1 aliphatic heterocycles. The number of piperazine rings is 1. The minimum Gasteiger partial charge on any atom is -0.338 e. The molecule has 78 valence electrons. The Morgan fingerprint density at radius 3 is 2.31 bits per heavy atom. The quantitative estimate of drug-likeness (QED) is 0.614. The first-order chi connectivity index (χ1) is 5.63. The highest BCUT2D eigenvalue weighted by Crippen LogP contribution is 2.03. The molecule has 1 rings (SSSR count). The maximum absolute atomic E-state index is 11.2. The molecule has 0 aliphatic carbocycles. The van der Waals surface area contributed by atoms with E-state index in [9.17, 15) is 4.79 Å². The van der Waals surface area contributed by atoms with Crippen molar-refractivity contribution in [1.29, 1.82) is 0 Å². The van der Waals surface area contributed by atoms with Crippen LogP contribution in [0.2, 0.25) is 0 Å². The zero-order valence-electron chi connectivity index (χ0n) is 8.12. The molecule has 0 radical (unpaired) electrons. The summed E-state index contributed by atoms with van der Waals surface area (Å²) in [4.78, 5) is 13.1. The van der Waals surface area contributed by atoms with E-state index in [0.29, 0.717) is 12.1 Å². The summed E-state index contributed by atoms with van der Waals surface area (Å²) in [6, 6.07) is 0.758. The number of rotatable bonds is 1. The summed E-state index contributed by atoms with van der Waals surface area (Å²) in [5.74, 6) is 0.0511. The van der Waals surface area contributed by atoms with Gasteiger partial charge in [0, 0.05) is 25.2 Å². The number of hydrogen-bond acceptors (Lipinski definition) is 3. The monoisotopic (exact) mass is 207 g/mol. The summed E-state index contributed by atoms with van der Waals surface area (Å²) < 4.78 is 0. The summed E-state index contributed by atoms with van der Waals surface area (Å²) in [7, 11) is 0. The molecule has 0 aromatic heterocycles. The lowest BCUT2D eigenvalue weighted by atomic mass is 10.1. The lowest BCUT2D eigenvalue weighted by Gasteiger charge is -2.35. The van der Waals surface area contributed by atoms with Crippen LogP contribution in [0.1, 0.15) is 13.8 Å². The Kier molecular flexibility index (Phi) is 5.29. The molecule has 13 heavy (non-hydrogen) atoms. The predicted octanol–water partition coefficient (Wildman–Crippen LogP) is -0.424. The number of nitrogens with two attached hydrogens (primary N) is 1. The molecule has 2 atom stereocenters. The SMILES string of the molecule is CC1CN(C(=O)CN)CC(C)N1.Cl. The highest BCUT2D eigenvalue weighted by atomic mass is 35.5. The van der Waals surface area contributed by atoms with E-state index in [-0.39, 0.29) is 24.9 Å². The van der Waals surface area contributed by atoms with Crippen LogP contribution in [-0.4, -0.2) is 42.5 Å². The van der Waals surface area contributed by atoms with Crippen molar-refractivity contribution < 1.29 is 4.79 Å². The fourth-order valence-electron chi connectivity index (χ4n) is 1.66. The van der Waals surface area contributed by atoms with Gasteiger partial charge in [0.2, 0.25) is 5.91 Å². The van der Waals surface area contributed by atoms with E-state index in [1.807, 2.05) is 4.90 Å². The Morgan fingerprint density at radius 2 is 1.92 bits per heavy atom. The van der Waals surface area contributed by atoms with Crippen molar-refractivity contribution in [2.75, 3.05) is 19.6 Å². The normalized spacial score (nSPS) is 28.1. The minimum atomic E-state index is 0. The Balaban J connectivity index is 0.00000144. The minimum absolute atomic E-state index is 0. The number of amides is 1. The Hall–Kier alpha value is -0.320. The lowest BCUT2D eigenvalue weighted by molar-refractivity contribution is -0.131. The van der Waals surface area contributed by atoms with Crippen LogP contribution in [0.15, 0.2) is 0 Å². The van der Waals surface area contributed by atoms with Gasteiger partial charge in [-0.15, -0.1) is 12.4 Å². The lowest BCUT2D eigenvalue weighted by Crippen LogP contribution is -2.56. The second-order valence-corrected chi connectivity index (χ2v) is 3.47. The number of halogens is 1. The summed E-state index contributed by atoms with van der Waals surface area (Å²) in [5, 5.41) is 3.35. The fraction of sp³-hybridized carbons (Fsp3) is 0.875. The number of nitrogens with zero attached hydrogens (tertiary/aromatic N) is 1. The molecular formula is C8H18ClN3O. The Morgan fingerprint density at radius 1 is 1.46 bits per heavy atom. The summed E-state index contributed by atoms with van der Waals surface area (Å²) in [6.07, 6.45) is 0. The zero-order valence-corrected chi connectivity index (χ0v) is 8.93. The van der Waals surface area contributed by atoms with Gasteiger partial charge < -0.3 is 16.0 Å². The van der Waals surface area contributed by atoms with Crippen LogP contribution in [-0.2, 0) is 4.79 Å². The molecule has 0 bridgehead atoms. The molecule has 0 aromatic carbocycles. The van der Waals surface area contributed by atoms with E-state index < -0.39 is 0 Å². The van der Waals surface area contributed by atoms with Gasteiger partial charge in [-0.25, -0.2) is 0 Å². The van der Waals surface area contributed by atoms with Crippen molar-refractivity contribution in [3.05, 3.63) is 0 Å². The van der Waals surface area contributed by atoms with Crippen molar-refractivity contribution in [3.63, 3.8) is 0 Å². The average Bonchev–Trinajstić information content (AvgIpc) is 2.01. The molecule has 1 aliphatic rings. The van der Waals surface area contributed by atoms with Gasteiger partial charge in [-0.3, -0.25) is 4.79 Å². The van der Waals surface area contributed by atoms with Crippen LogP contribution in [0, 0.1) is 0 Å².